The Morgan fingerprint density at radius 3 is 2.52 bits per heavy atom. The molecular formula is C17H15N3O3. The average molecular weight is 309 g/mol. The van der Waals surface area contributed by atoms with Crippen molar-refractivity contribution in [1.29, 1.82) is 0 Å². The molecule has 0 N–H and O–H groups in total. The second kappa shape index (κ2) is 5.31. The van der Waals surface area contributed by atoms with Crippen LogP contribution in [0.2, 0.25) is 0 Å². The average Bonchev–Trinajstić information content (AvgIpc) is 2.48. The maximum absolute atomic E-state index is 12.9. The standard InChI is InChI=1S/C17H15N3O3/c1-10-8-11(2)16(15(9-10)20(22)23)19-12(3)18-14-7-5-4-6-13(14)17(19)21/h4-9H,1-3H3. The molecule has 3 aromatic rings. The summed E-state index contributed by atoms with van der Waals surface area (Å²) in [5, 5.41) is 11.9. The molecule has 0 bridgehead atoms. The normalized spacial score (nSPS) is 10.9. The molecule has 0 saturated heterocycles. The molecule has 0 radical (unpaired) electrons. The fourth-order valence-electron chi connectivity index (χ4n) is 2.87. The van der Waals surface area contributed by atoms with Gasteiger partial charge in [0, 0.05) is 6.07 Å². The van der Waals surface area contributed by atoms with E-state index in [4.69, 9.17) is 0 Å². The number of hydrogen-bond donors (Lipinski definition) is 0. The van der Waals surface area contributed by atoms with Crippen LogP contribution in [-0.4, -0.2) is 14.5 Å². The molecule has 6 heteroatoms. The highest BCUT2D eigenvalue weighted by Gasteiger charge is 2.22. The molecule has 6 nitrogen and oxygen atoms in total. The van der Waals surface area contributed by atoms with Gasteiger partial charge in [-0.25, -0.2) is 4.98 Å². The first kappa shape index (κ1) is 14.9. The number of hydrogen-bond acceptors (Lipinski definition) is 4. The van der Waals surface area contributed by atoms with Crippen molar-refractivity contribution in [3.63, 3.8) is 0 Å². The minimum Gasteiger partial charge on any atom is -0.268 e. The van der Waals surface area contributed by atoms with E-state index in [1.54, 1.807) is 45.0 Å². The summed E-state index contributed by atoms with van der Waals surface area (Å²) in [6, 6.07) is 10.3. The second-order valence-corrected chi connectivity index (χ2v) is 5.52. The van der Waals surface area contributed by atoms with E-state index in [2.05, 4.69) is 4.98 Å². The van der Waals surface area contributed by atoms with Crippen LogP contribution in [0.1, 0.15) is 17.0 Å². The van der Waals surface area contributed by atoms with E-state index in [1.165, 1.54) is 10.6 Å². The molecule has 0 fully saturated rings. The SMILES string of the molecule is Cc1cc(C)c(-n2c(C)nc3ccccc3c2=O)c([N+](=O)[O-])c1. The molecule has 0 aliphatic heterocycles. The topological polar surface area (TPSA) is 78.0 Å². The van der Waals surface area contributed by atoms with Crippen LogP contribution in [-0.2, 0) is 0 Å². The van der Waals surface area contributed by atoms with Crippen molar-refractivity contribution >= 4 is 16.6 Å². The molecule has 116 valence electrons. The highest BCUT2D eigenvalue weighted by molar-refractivity contribution is 5.78. The van der Waals surface area contributed by atoms with Gasteiger partial charge < -0.3 is 0 Å². The molecule has 0 aliphatic rings. The van der Waals surface area contributed by atoms with Crippen molar-refractivity contribution in [2.24, 2.45) is 0 Å². The first-order valence-electron chi connectivity index (χ1n) is 7.14. The zero-order valence-electron chi connectivity index (χ0n) is 13.0. The Bertz CT molecular complexity index is 1010. The smallest absolute Gasteiger partial charge is 0.268 e. The maximum Gasteiger partial charge on any atom is 0.293 e. The van der Waals surface area contributed by atoms with E-state index in [1.807, 2.05) is 6.07 Å². The zero-order valence-corrected chi connectivity index (χ0v) is 13.0. The van der Waals surface area contributed by atoms with Crippen LogP contribution >= 0.6 is 0 Å². The van der Waals surface area contributed by atoms with Crippen molar-refractivity contribution in [3.8, 4) is 5.69 Å². The van der Waals surface area contributed by atoms with E-state index in [-0.39, 0.29) is 16.9 Å². The van der Waals surface area contributed by atoms with E-state index >= 15 is 0 Å². The maximum atomic E-state index is 12.9. The monoisotopic (exact) mass is 309 g/mol. The number of para-hydroxylation sites is 1. The van der Waals surface area contributed by atoms with Gasteiger partial charge in [0.2, 0.25) is 0 Å². The second-order valence-electron chi connectivity index (χ2n) is 5.52. The van der Waals surface area contributed by atoms with Crippen molar-refractivity contribution < 1.29 is 4.92 Å². The van der Waals surface area contributed by atoms with Gasteiger partial charge in [0.05, 0.1) is 15.8 Å². The summed E-state index contributed by atoms with van der Waals surface area (Å²) in [6.07, 6.45) is 0. The number of nitro groups is 1. The summed E-state index contributed by atoms with van der Waals surface area (Å²) >= 11 is 0. The fraction of sp³-hybridized carbons (Fsp3) is 0.176. The lowest BCUT2D eigenvalue weighted by Crippen LogP contribution is -2.24. The third-order valence-electron chi connectivity index (χ3n) is 3.79. The Hall–Kier alpha value is -3.02. The lowest BCUT2D eigenvalue weighted by atomic mass is 10.1. The highest BCUT2D eigenvalue weighted by atomic mass is 16.6. The first-order valence-corrected chi connectivity index (χ1v) is 7.14. The molecular weight excluding hydrogens is 294 g/mol. The molecule has 0 atom stereocenters. The predicted octanol–water partition coefficient (Wildman–Crippen LogP) is 3.22. The van der Waals surface area contributed by atoms with Crippen LogP contribution in [0.4, 0.5) is 5.69 Å². The van der Waals surface area contributed by atoms with E-state index in [0.29, 0.717) is 22.3 Å². The number of rotatable bonds is 2. The van der Waals surface area contributed by atoms with Crippen molar-refractivity contribution in [3.05, 3.63) is 73.8 Å². The number of nitrogens with zero attached hydrogens (tertiary/aromatic N) is 3. The molecule has 1 aromatic heterocycles. The van der Waals surface area contributed by atoms with Crippen LogP contribution in [0.5, 0.6) is 0 Å². The molecule has 0 aliphatic carbocycles. The molecule has 0 spiro atoms. The first-order chi connectivity index (χ1) is 10.9. The Morgan fingerprint density at radius 1 is 1.13 bits per heavy atom. The number of aromatic nitrogens is 2. The molecule has 0 unspecified atom stereocenters. The van der Waals surface area contributed by atoms with Gasteiger partial charge in [-0.2, -0.15) is 0 Å². The number of fused-ring (bicyclic) bond motifs is 1. The van der Waals surface area contributed by atoms with Crippen LogP contribution in [0, 0.1) is 30.9 Å². The molecule has 0 saturated carbocycles. The summed E-state index contributed by atoms with van der Waals surface area (Å²) in [5.41, 5.74) is 1.91. The van der Waals surface area contributed by atoms with Crippen molar-refractivity contribution in [1.82, 2.24) is 9.55 Å². The van der Waals surface area contributed by atoms with Gasteiger partial charge in [0.15, 0.2) is 0 Å². The van der Waals surface area contributed by atoms with Gasteiger partial charge >= 0.3 is 0 Å². The Labute approximate surface area is 132 Å². The van der Waals surface area contributed by atoms with E-state index in [0.717, 1.165) is 5.56 Å². The Kier molecular flexibility index (Phi) is 3.44. The predicted molar refractivity (Wildman–Crippen MR) is 88.2 cm³/mol. The molecule has 2 aromatic carbocycles. The van der Waals surface area contributed by atoms with Gasteiger partial charge in [0.1, 0.15) is 11.5 Å². The molecule has 0 amide bonds. The summed E-state index contributed by atoms with van der Waals surface area (Å²) in [4.78, 5) is 28.3. The van der Waals surface area contributed by atoms with Crippen molar-refractivity contribution in [2.75, 3.05) is 0 Å². The third kappa shape index (κ3) is 2.38. The largest absolute Gasteiger partial charge is 0.293 e. The summed E-state index contributed by atoms with van der Waals surface area (Å²) in [7, 11) is 0. The summed E-state index contributed by atoms with van der Waals surface area (Å²) in [5.74, 6) is 0.420. The molecule has 1 heterocycles. The van der Waals surface area contributed by atoms with Gasteiger partial charge in [-0.05, 0) is 44.0 Å². The third-order valence-corrected chi connectivity index (χ3v) is 3.79. The van der Waals surface area contributed by atoms with E-state index < -0.39 is 4.92 Å². The van der Waals surface area contributed by atoms with Crippen LogP contribution < -0.4 is 5.56 Å². The lowest BCUT2D eigenvalue weighted by Gasteiger charge is -2.14. The quantitative estimate of drug-likeness (QED) is 0.538. The highest BCUT2D eigenvalue weighted by Crippen LogP contribution is 2.28. The minimum absolute atomic E-state index is 0.0928. The van der Waals surface area contributed by atoms with Crippen LogP contribution in [0.3, 0.4) is 0 Å². The summed E-state index contributed by atoms with van der Waals surface area (Å²) < 4.78 is 1.33. The lowest BCUT2D eigenvalue weighted by molar-refractivity contribution is -0.384. The fourth-order valence-corrected chi connectivity index (χ4v) is 2.87. The van der Waals surface area contributed by atoms with Crippen molar-refractivity contribution in [2.45, 2.75) is 20.8 Å². The minimum atomic E-state index is -0.462. The van der Waals surface area contributed by atoms with Gasteiger partial charge in [-0.1, -0.05) is 18.2 Å². The van der Waals surface area contributed by atoms with Gasteiger partial charge in [-0.3, -0.25) is 19.5 Å². The zero-order chi connectivity index (χ0) is 16.7. The Morgan fingerprint density at radius 2 is 1.83 bits per heavy atom. The molecule has 3 rings (SSSR count). The number of aryl methyl sites for hydroxylation is 3. The Balaban J connectivity index is 2.47. The molecule has 23 heavy (non-hydrogen) atoms. The van der Waals surface area contributed by atoms with E-state index in [9.17, 15) is 14.9 Å². The van der Waals surface area contributed by atoms with Crippen LogP contribution in [0.25, 0.3) is 16.6 Å². The summed E-state index contributed by atoms with van der Waals surface area (Å²) in [6.45, 7) is 5.23. The van der Waals surface area contributed by atoms with Crippen LogP contribution in [0.15, 0.2) is 41.2 Å². The number of nitro benzene ring substituents is 1. The van der Waals surface area contributed by atoms with Gasteiger partial charge in [0.25, 0.3) is 11.2 Å². The number of benzene rings is 2. The van der Waals surface area contributed by atoms with Gasteiger partial charge in [-0.15, -0.1) is 0 Å².